The highest BCUT2D eigenvalue weighted by atomic mass is 28.3. The largest absolute Gasteiger partial charge is 0.454 e. The minimum absolute atomic E-state index is 0.360. The van der Waals surface area contributed by atoms with Crippen molar-refractivity contribution < 1.29 is 21.9 Å². The maximum Gasteiger partial charge on any atom is 0.216 e. The third-order valence-electron chi connectivity index (χ3n) is 8.32. The molecule has 0 fully saturated rings. The van der Waals surface area contributed by atoms with Crippen LogP contribution in [0.1, 0.15) is 15.2 Å². The highest BCUT2D eigenvalue weighted by Crippen LogP contribution is 2.42. The second-order valence-electron chi connectivity index (χ2n) is 11.0. The van der Waals surface area contributed by atoms with Gasteiger partial charge >= 0.3 is 0 Å². The van der Waals surface area contributed by atoms with E-state index in [4.69, 9.17) is 8.53 Å². The van der Waals surface area contributed by atoms with E-state index in [1.807, 2.05) is 25.1 Å². The number of aromatic nitrogens is 1. The van der Waals surface area contributed by atoms with Gasteiger partial charge in [-0.15, -0.1) is 0 Å². The second-order valence-corrected chi connectivity index (χ2v) is 15.3. The van der Waals surface area contributed by atoms with Crippen molar-refractivity contribution >= 4 is 40.4 Å². The Kier molecular flexibility index (Phi) is 4.38. The lowest BCUT2D eigenvalue weighted by atomic mass is 9.97. The van der Waals surface area contributed by atoms with Gasteiger partial charge in [-0.2, -0.15) is 4.57 Å². The van der Waals surface area contributed by atoms with Crippen LogP contribution < -0.4 is 14.9 Å². The molecule has 192 valence electrons. The molecule has 39 heavy (non-hydrogen) atoms. The van der Waals surface area contributed by atoms with Crippen molar-refractivity contribution in [3.8, 4) is 33.5 Å². The van der Waals surface area contributed by atoms with E-state index in [1.54, 1.807) is 17.7 Å². The lowest BCUT2D eigenvalue weighted by molar-refractivity contribution is -0.662. The summed E-state index contributed by atoms with van der Waals surface area (Å²) in [6.45, 7) is 3.92. The Labute approximate surface area is 231 Å². The molecular weight excluding hydrogens is 504 g/mol. The minimum atomic E-state index is -2.62. The zero-order valence-electron chi connectivity index (χ0n) is 25.1. The number of rotatable bonds is 2. The fourth-order valence-corrected chi connectivity index (χ4v) is 9.39. The normalized spacial score (nSPS) is 15.2. The fraction of sp³-hybridized carbons (Fsp3) is 0.147. The SMILES string of the molecule is [2H]C([2H])([2H])c1cc(-c2c(C)ccc3c2oc2c(-c4ccc5c(c4)[Si](C)(C)c4ccccc4-5)c(F)ccc23)[n+](C)cc1F. The quantitative estimate of drug-likeness (QED) is 0.166. The van der Waals surface area contributed by atoms with E-state index >= 15 is 4.39 Å². The van der Waals surface area contributed by atoms with Crippen LogP contribution in [-0.4, -0.2) is 8.07 Å². The van der Waals surface area contributed by atoms with Crippen LogP contribution in [0, 0.1) is 25.4 Å². The Hall–Kier alpha value is -4.09. The molecule has 0 aliphatic carbocycles. The molecule has 5 heteroatoms. The van der Waals surface area contributed by atoms with E-state index in [9.17, 15) is 4.39 Å². The number of benzene rings is 4. The monoisotopic (exact) mass is 535 g/mol. The van der Waals surface area contributed by atoms with Crippen LogP contribution in [0.5, 0.6) is 0 Å². The Morgan fingerprint density at radius 1 is 0.769 bits per heavy atom. The lowest BCUT2D eigenvalue weighted by Gasteiger charge is -2.19. The van der Waals surface area contributed by atoms with Gasteiger partial charge in [-0.1, -0.05) is 67.7 Å². The summed E-state index contributed by atoms with van der Waals surface area (Å²) in [5, 5.41) is 4.17. The molecule has 3 heterocycles. The molecule has 1 aliphatic heterocycles. The molecule has 2 nitrogen and oxygen atoms in total. The van der Waals surface area contributed by atoms with Gasteiger partial charge < -0.3 is 4.42 Å². The molecule has 0 amide bonds. The summed E-state index contributed by atoms with van der Waals surface area (Å²) in [6, 6.07) is 23.1. The molecule has 0 saturated heterocycles. The van der Waals surface area contributed by atoms with Gasteiger partial charge in [-0.25, -0.2) is 8.78 Å². The molecule has 0 radical (unpaired) electrons. The molecule has 0 N–H and O–H groups in total. The van der Waals surface area contributed by atoms with Gasteiger partial charge in [-0.3, -0.25) is 0 Å². The third kappa shape index (κ3) is 3.32. The van der Waals surface area contributed by atoms with Crippen LogP contribution >= 0.6 is 0 Å². The van der Waals surface area contributed by atoms with Crippen LogP contribution in [0.2, 0.25) is 13.1 Å². The number of pyridine rings is 1. The van der Waals surface area contributed by atoms with E-state index < -0.39 is 20.7 Å². The van der Waals surface area contributed by atoms with Gasteiger partial charge in [0.2, 0.25) is 11.9 Å². The molecule has 0 saturated carbocycles. The number of fused-ring (bicyclic) bond motifs is 6. The van der Waals surface area contributed by atoms with E-state index in [2.05, 4.69) is 49.5 Å². The van der Waals surface area contributed by atoms with Gasteiger partial charge in [0.1, 0.15) is 32.1 Å². The topological polar surface area (TPSA) is 17.0 Å². The standard InChI is InChI=1S/C34H28F2NOSi/c1-19-10-12-24-25-14-15-26(35)32(34(25)38-33(24)31(19)28-16-20(2)27(36)18-37(28)3)21-11-13-23-22-8-6-7-9-29(22)39(4,5)30(23)17-21/h6-18H,1-5H3/q+1/i2D3. The van der Waals surface area contributed by atoms with Crippen molar-refractivity contribution in [1.29, 1.82) is 0 Å². The van der Waals surface area contributed by atoms with Gasteiger partial charge in [-0.05, 0) is 64.1 Å². The summed E-state index contributed by atoms with van der Waals surface area (Å²) in [6.07, 6.45) is 1.18. The summed E-state index contributed by atoms with van der Waals surface area (Å²) < 4.78 is 62.1. The number of halogens is 2. The molecular formula is C34H28F2NOSi+. The van der Waals surface area contributed by atoms with Crippen LogP contribution in [0.4, 0.5) is 8.78 Å². The highest BCUT2D eigenvalue weighted by molar-refractivity contribution is 7.03. The first-order valence-electron chi connectivity index (χ1n) is 14.5. The summed E-state index contributed by atoms with van der Waals surface area (Å²) >= 11 is 0. The zero-order valence-corrected chi connectivity index (χ0v) is 23.1. The van der Waals surface area contributed by atoms with Crippen LogP contribution in [0.25, 0.3) is 55.4 Å². The van der Waals surface area contributed by atoms with Gasteiger partial charge in [0, 0.05) is 21.0 Å². The Balaban J connectivity index is 1.49. The maximum atomic E-state index is 15.8. The molecule has 2 aromatic heterocycles. The number of hydrogen-bond donors (Lipinski definition) is 0. The Morgan fingerprint density at radius 2 is 1.49 bits per heavy atom. The van der Waals surface area contributed by atoms with Gasteiger partial charge in [0.15, 0.2) is 5.82 Å². The van der Waals surface area contributed by atoms with Gasteiger partial charge in [0.25, 0.3) is 0 Å². The zero-order chi connectivity index (χ0) is 29.7. The number of aryl methyl sites for hydroxylation is 3. The highest BCUT2D eigenvalue weighted by Gasteiger charge is 2.37. The molecule has 4 aromatic carbocycles. The second kappa shape index (κ2) is 8.20. The molecule has 1 aliphatic rings. The van der Waals surface area contributed by atoms with Crippen molar-refractivity contribution in [2.45, 2.75) is 26.9 Å². The van der Waals surface area contributed by atoms with Crippen LogP contribution in [-0.2, 0) is 7.05 Å². The van der Waals surface area contributed by atoms with E-state index in [0.717, 1.165) is 21.9 Å². The molecule has 7 rings (SSSR count). The van der Waals surface area contributed by atoms with Crippen molar-refractivity contribution in [2.24, 2.45) is 7.05 Å². The summed E-state index contributed by atoms with van der Waals surface area (Å²) in [4.78, 5) is 0. The predicted molar refractivity (Wildman–Crippen MR) is 157 cm³/mol. The average Bonchev–Trinajstić information content (AvgIpc) is 3.41. The van der Waals surface area contributed by atoms with E-state index in [-0.39, 0.29) is 11.4 Å². The Morgan fingerprint density at radius 3 is 2.28 bits per heavy atom. The predicted octanol–water partition coefficient (Wildman–Crippen LogP) is 7.44. The van der Waals surface area contributed by atoms with Crippen molar-refractivity contribution in [2.75, 3.05) is 0 Å². The maximum absolute atomic E-state index is 15.8. The first-order chi connectivity index (χ1) is 19.9. The number of hydrogen-bond acceptors (Lipinski definition) is 1. The van der Waals surface area contributed by atoms with Crippen LogP contribution in [0.3, 0.4) is 0 Å². The molecule has 0 unspecified atom stereocenters. The molecule has 6 aromatic rings. The fourth-order valence-electron chi connectivity index (χ4n) is 6.29. The van der Waals surface area contributed by atoms with Crippen molar-refractivity contribution in [1.82, 2.24) is 0 Å². The summed E-state index contributed by atoms with van der Waals surface area (Å²) in [5.41, 5.74) is 6.12. The summed E-state index contributed by atoms with van der Waals surface area (Å²) in [5.74, 6) is -1.18. The molecule has 0 atom stereocenters. The summed E-state index contributed by atoms with van der Waals surface area (Å²) in [7, 11) is -0.319. The lowest BCUT2D eigenvalue weighted by Crippen LogP contribution is -2.49. The minimum Gasteiger partial charge on any atom is -0.454 e. The average molecular weight is 536 g/mol. The first-order valence-corrected chi connectivity index (χ1v) is 16.0. The molecule has 0 bridgehead atoms. The number of furan rings is 1. The van der Waals surface area contributed by atoms with E-state index in [0.29, 0.717) is 28.0 Å². The Bertz CT molecular complexity index is 2110. The first kappa shape index (κ1) is 20.8. The number of nitrogens with zero attached hydrogens (tertiary/aromatic N) is 1. The molecule has 0 spiro atoms. The van der Waals surface area contributed by atoms with E-state index in [1.165, 1.54) is 39.8 Å². The smallest absolute Gasteiger partial charge is 0.216 e. The van der Waals surface area contributed by atoms with Crippen LogP contribution in [0.15, 0.2) is 83.4 Å². The van der Waals surface area contributed by atoms with Gasteiger partial charge in [0.05, 0.1) is 11.1 Å². The van der Waals surface area contributed by atoms with Crippen molar-refractivity contribution in [3.63, 3.8) is 0 Å². The third-order valence-corrected chi connectivity index (χ3v) is 11.9. The van der Waals surface area contributed by atoms with Crippen molar-refractivity contribution in [3.05, 3.63) is 102 Å².